The van der Waals surface area contributed by atoms with Gasteiger partial charge in [0, 0.05) is 16.8 Å². The fraction of sp³-hybridized carbons (Fsp3) is 0.423. The van der Waals surface area contributed by atoms with Crippen LogP contribution in [0.15, 0.2) is 51.9 Å². The molecule has 4 aliphatic rings. The van der Waals surface area contributed by atoms with Gasteiger partial charge in [-0.15, -0.1) is 5.10 Å². The molecule has 34 heavy (non-hydrogen) atoms. The fourth-order valence-corrected chi connectivity index (χ4v) is 7.75. The van der Waals surface area contributed by atoms with Gasteiger partial charge in [-0.05, 0) is 78.4 Å². The molecule has 4 bridgehead atoms. The molecule has 1 N–H and O–H groups in total. The Bertz CT molecular complexity index is 1440. The smallest absolute Gasteiger partial charge is 0.230 e. The van der Waals surface area contributed by atoms with E-state index < -0.39 is 5.41 Å². The van der Waals surface area contributed by atoms with Gasteiger partial charge in [-0.1, -0.05) is 18.2 Å². The summed E-state index contributed by atoms with van der Waals surface area (Å²) in [6.07, 6.45) is 7.83. The van der Waals surface area contributed by atoms with Gasteiger partial charge in [0.25, 0.3) is 0 Å². The second-order valence-corrected chi connectivity index (χ2v) is 11.2. The Labute approximate surface area is 205 Å². The first-order valence-electron chi connectivity index (χ1n) is 11.9. The fourth-order valence-electron chi connectivity index (χ4n) is 7.49. The summed E-state index contributed by atoms with van der Waals surface area (Å²) in [7, 11) is 1.64. The molecule has 4 atom stereocenters. The van der Waals surface area contributed by atoms with Gasteiger partial charge in [0.15, 0.2) is 0 Å². The number of fused-ring (bicyclic) bond motifs is 3. The van der Waals surface area contributed by atoms with Crippen LogP contribution >= 0.6 is 15.9 Å². The van der Waals surface area contributed by atoms with Crippen molar-refractivity contribution in [1.82, 2.24) is 14.8 Å². The van der Waals surface area contributed by atoms with Crippen LogP contribution in [-0.2, 0) is 10.3 Å². The standard InChI is InChI=1S/C26H25BrN4O3/c1-33-22-7-18-17-4-2-3-5-20(17)34-21(18)8-19(22)29-23(32)25-9-15-6-16(10-25)12-26(11-15,13-25)31-14-28-24(27)30-31/h2-5,7-8,14-16H,6,9-13H2,1H3,(H,29,32)/t15-,16+,25?,26?. The average Bonchev–Trinajstić information content (AvgIpc) is 3.41. The topological polar surface area (TPSA) is 82.2 Å². The van der Waals surface area contributed by atoms with Gasteiger partial charge in [0.2, 0.25) is 10.6 Å². The zero-order valence-electron chi connectivity index (χ0n) is 18.9. The van der Waals surface area contributed by atoms with Crippen LogP contribution in [0.1, 0.15) is 38.5 Å². The van der Waals surface area contributed by atoms with Crippen molar-refractivity contribution in [2.24, 2.45) is 17.3 Å². The minimum atomic E-state index is -0.406. The van der Waals surface area contributed by atoms with E-state index in [-0.39, 0.29) is 11.4 Å². The number of ether oxygens (including phenoxy) is 1. The SMILES string of the molecule is COc1cc2c(cc1NC(=O)C13C[C@H]4C[C@@H](C1)CC(n1cnc(Br)n1)(C4)C3)oc1ccccc12. The van der Waals surface area contributed by atoms with Gasteiger partial charge in [-0.25, -0.2) is 9.67 Å². The minimum Gasteiger partial charge on any atom is -0.495 e. The lowest BCUT2D eigenvalue weighted by Crippen LogP contribution is -2.60. The molecular formula is C26H25BrN4O3. The van der Waals surface area contributed by atoms with E-state index in [4.69, 9.17) is 9.15 Å². The molecule has 0 radical (unpaired) electrons. The molecule has 4 aliphatic carbocycles. The summed E-state index contributed by atoms with van der Waals surface area (Å²) < 4.78 is 14.4. The number of benzene rings is 2. The zero-order valence-corrected chi connectivity index (χ0v) is 20.5. The van der Waals surface area contributed by atoms with Crippen molar-refractivity contribution in [3.8, 4) is 5.75 Å². The Balaban J connectivity index is 1.26. The van der Waals surface area contributed by atoms with E-state index in [0.29, 0.717) is 28.0 Å². The molecule has 0 spiro atoms. The highest BCUT2D eigenvalue weighted by Gasteiger charge is 2.61. The van der Waals surface area contributed by atoms with Crippen LogP contribution in [-0.4, -0.2) is 27.8 Å². The van der Waals surface area contributed by atoms with Crippen LogP contribution in [0.4, 0.5) is 5.69 Å². The number of halogens is 1. The molecule has 4 saturated carbocycles. The molecule has 4 fully saturated rings. The third-order valence-electron chi connectivity index (χ3n) is 8.41. The Hall–Kier alpha value is -2.87. The molecule has 8 rings (SSSR count). The van der Waals surface area contributed by atoms with E-state index in [1.165, 1.54) is 6.42 Å². The van der Waals surface area contributed by atoms with Gasteiger partial charge in [0.05, 0.1) is 23.8 Å². The molecule has 4 aromatic rings. The Morgan fingerprint density at radius 2 is 1.94 bits per heavy atom. The molecule has 7 nitrogen and oxygen atoms in total. The van der Waals surface area contributed by atoms with Crippen molar-refractivity contribution in [3.05, 3.63) is 47.5 Å². The van der Waals surface area contributed by atoms with E-state index in [1.807, 2.05) is 47.4 Å². The predicted octanol–water partition coefficient (Wildman–Crippen LogP) is 5.88. The van der Waals surface area contributed by atoms with Crippen molar-refractivity contribution >= 4 is 49.5 Å². The van der Waals surface area contributed by atoms with Crippen LogP contribution in [0.2, 0.25) is 0 Å². The second kappa shape index (κ2) is 7.07. The van der Waals surface area contributed by atoms with Crippen molar-refractivity contribution < 1.29 is 13.9 Å². The van der Waals surface area contributed by atoms with Crippen LogP contribution in [0.5, 0.6) is 5.75 Å². The van der Waals surface area contributed by atoms with Crippen molar-refractivity contribution in [2.45, 2.75) is 44.1 Å². The van der Waals surface area contributed by atoms with Gasteiger partial charge >= 0.3 is 0 Å². The summed E-state index contributed by atoms with van der Waals surface area (Å²) in [6.45, 7) is 0. The summed E-state index contributed by atoms with van der Waals surface area (Å²) in [5.74, 6) is 1.80. The molecule has 2 aromatic heterocycles. The van der Waals surface area contributed by atoms with E-state index in [1.54, 1.807) is 7.11 Å². The van der Waals surface area contributed by atoms with E-state index in [0.717, 1.165) is 54.0 Å². The summed E-state index contributed by atoms with van der Waals surface area (Å²) in [4.78, 5) is 18.3. The largest absolute Gasteiger partial charge is 0.495 e. The second-order valence-electron chi connectivity index (χ2n) is 10.5. The van der Waals surface area contributed by atoms with E-state index >= 15 is 0 Å². The number of rotatable bonds is 4. The molecule has 2 aromatic carbocycles. The first-order chi connectivity index (χ1) is 16.5. The maximum absolute atomic E-state index is 14.0. The number of hydrogen-bond acceptors (Lipinski definition) is 5. The number of furan rings is 1. The number of nitrogens with zero attached hydrogens (tertiary/aromatic N) is 3. The highest BCUT2D eigenvalue weighted by Crippen LogP contribution is 2.64. The monoisotopic (exact) mass is 520 g/mol. The highest BCUT2D eigenvalue weighted by atomic mass is 79.9. The van der Waals surface area contributed by atoms with Crippen molar-refractivity contribution in [3.63, 3.8) is 0 Å². The van der Waals surface area contributed by atoms with E-state index in [2.05, 4.69) is 31.3 Å². The maximum Gasteiger partial charge on any atom is 0.230 e. The molecule has 0 saturated heterocycles. The van der Waals surface area contributed by atoms with Gasteiger partial charge < -0.3 is 14.5 Å². The van der Waals surface area contributed by atoms with Crippen LogP contribution < -0.4 is 10.1 Å². The molecule has 1 amide bonds. The number of carbonyl (C=O) groups is 1. The summed E-state index contributed by atoms with van der Waals surface area (Å²) >= 11 is 3.40. The highest BCUT2D eigenvalue weighted by molar-refractivity contribution is 9.10. The maximum atomic E-state index is 14.0. The lowest BCUT2D eigenvalue weighted by Gasteiger charge is -2.60. The first-order valence-corrected chi connectivity index (χ1v) is 12.6. The van der Waals surface area contributed by atoms with Gasteiger partial charge in [-0.3, -0.25) is 4.79 Å². The molecule has 2 unspecified atom stereocenters. The van der Waals surface area contributed by atoms with Gasteiger partial charge in [-0.2, -0.15) is 0 Å². The molecule has 174 valence electrons. The Morgan fingerprint density at radius 1 is 1.15 bits per heavy atom. The number of methoxy groups -OCH3 is 1. The third kappa shape index (κ3) is 2.90. The number of carbonyl (C=O) groups excluding carboxylic acids is 1. The number of para-hydroxylation sites is 1. The number of hydrogen-bond donors (Lipinski definition) is 1. The van der Waals surface area contributed by atoms with Crippen molar-refractivity contribution in [1.29, 1.82) is 0 Å². The Morgan fingerprint density at radius 3 is 2.68 bits per heavy atom. The van der Waals surface area contributed by atoms with Crippen LogP contribution in [0, 0.1) is 17.3 Å². The van der Waals surface area contributed by atoms with E-state index in [9.17, 15) is 4.79 Å². The number of anilines is 1. The normalized spacial score (nSPS) is 29.7. The number of nitrogens with one attached hydrogen (secondary N) is 1. The summed E-state index contributed by atoms with van der Waals surface area (Å²) in [6, 6.07) is 11.8. The third-order valence-corrected chi connectivity index (χ3v) is 8.77. The first kappa shape index (κ1) is 20.5. The van der Waals surface area contributed by atoms with Gasteiger partial charge in [0.1, 0.15) is 23.2 Å². The molecular weight excluding hydrogens is 496 g/mol. The summed E-state index contributed by atoms with van der Waals surface area (Å²) in [5.41, 5.74) is 1.69. The molecule has 0 aliphatic heterocycles. The Kier molecular flexibility index (Phi) is 4.26. The number of amides is 1. The lowest BCUT2D eigenvalue weighted by atomic mass is 9.46. The predicted molar refractivity (Wildman–Crippen MR) is 132 cm³/mol. The van der Waals surface area contributed by atoms with Crippen molar-refractivity contribution in [2.75, 3.05) is 12.4 Å². The zero-order chi connectivity index (χ0) is 23.1. The minimum absolute atomic E-state index is 0.0823. The lowest BCUT2D eigenvalue weighted by molar-refractivity contribution is -0.150. The summed E-state index contributed by atoms with van der Waals surface area (Å²) in [5, 5.41) is 9.89. The van der Waals surface area contributed by atoms with Crippen LogP contribution in [0.3, 0.4) is 0 Å². The molecule has 8 heteroatoms. The molecule has 2 heterocycles. The number of aromatic nitrogens is 3. The quantitative estimate of drug-likeness (QED) is 0.363. The average molecular weight is 521 g/mol. The van der Waals surface area contributed by atoms with Crippen LogP contribution in [0.25, 0.3) is 21.9 Å².